The molecule has 0 radical (unpaired) electrons. The van der Waals surface area contributed by atoms with Gasteiger partial charge in [-0.25, -0.2) is 5.43 Å². The molecule has 0 aliphatic carbocycles. The van der Waals surface area contributed by atoms with Crippen molar-refractivity contribution >= 4 is 17.3 Å². The van der Waals surface area contributed by atoms with E-state index in [1.54, 1.807) is 0 Å². The van der Waals surface area contributed by atoms with Crippen molar-refractivity contribution in [3.63, 3.8) is 0 Å². The minimum atomic E-state index is -0.0136. The Kier molecular flexibility index (Phi) is 8.17. The van der Waals surface area contributed by atoms with Crippen LogP contribution < -0.4 is 11.2 Å². The van der Waals surface area contributed by atoms with Crippen LogP contribution >= 0.6 is 0 Å². The smallest absolute Gasteiger partial charge is 0.240 e. The third-order valence-corrected chi connectivity index (χ3v) is 3.43. The Balaban J connectivity index is 2.25. The van der Waals surface area contributed by atoms with Crippen molar-refractivity contribution < 1.29 is 4.79 Å². The number of hydrogen-bond donors (Lipinski definition) is 2. The van der Waals surface area contributed by atoms with Gasteiger partial charge in [-0.2, -0.15) is 5.10 Å². The summed E-state index contributed by atoms with van der Waals surface area (Å²) in [6.45, 7) is 4.07. The number of hydrazone groups is 1. The fraction of sp³-hybridized carbons (Fsp3) is 0.529. The SMILES string of the molecule is CCCCCCCCC(=O)N/N=C(\C)c1ccc(N)cc1. The lowest BCUT2D eigenvalue weighted by molar-refractivity contribution is -0.121. The average molecular weight is 289 g/mol. The fourth-order valence-electron chi connectivity index (χ4n) is 2.06. The third kappa shape index (κ3) is 7.49. The van der Waals surface area contributed by atoms with E-state index < -0.39 is 0 Å². The number of nitrogen functional groups attached to an aromatic ring is 1. The summed E-state index contributed by atoms with van der Waals surface area (Å²) in [5.74, 6) is -0.0136. The maximum absolute atomic E-state index is 11.7. The van der Waals surface area contributed by atoms with E-state index in [0.29, 0.717) is 6.42 Å². The van der Waals surface area contributed by atoms with Gasteiger partial charge in [-0.05, 0) is 31.0 Å². The quantitative estimate of drug-likeness (QED) is 0.314. The van der Waals surface area contributed by atoms with Crippen molar-refractivity contribution in [3.8, 4) is 0 Å². The second-order valence-electron chi connectivity index (χ2n) is 5.37. The van der Waals surface area contributed by atoms with E-state index in [9.17, 15) is 4.79 Å². The van der Waals surface area contributed by atoms with Crippen LogP contribution in [0.5, 0.6) is 0 Å². The molecule has 0 saturated carbocycles. The highest BCUT2D eigenvalue weighted by Gasteiger charge is 2.01. The first kappa shape index (κ1) is 17.2. The zero-order valence-electron chi connectivity index (χ0n) is 13.2. The topological polar surface area (TPSA) is 67.5 Å². The predicted molar refractivity (Wildman–Crippen MR) is 89.2 cm³/mol. The first-order valence-electron chi connectivity index (χ1n) is 7.82. The summed E-state index contributed by atoms with van der Waals surface area (Å²) >= 11 is 0. The lowest BCUT2D eigenvalue weighted by atomic mass is 10.1. The number of nitrogens with two attached hydrogens (primary N) is 1. The molecule has 21 heavy (non-hydrogen) atoms. The number of hydrogen-bond acceptors (Lipinski definition) is 3. The Bertz CT molecular complexity index is 452. The number of unbranched alkanes of at least 4 members (excludes halogenated alkanes) is 5. The van der Waals surface area contributed by atoms with E-state index in [4.69, 9.17) is 5.73 Å². The van der Waals surface area contributed by atoms with Crippen LogP contribution in [0.15, 0.2) is 29.4 Å². The molecule has 0 saturated heterocycles. The molecule has 3 N–H and O–H groups in total. The summed E-state index contributed by atoms with van der Waals surface area (Å²) in [5, 5.41) is 4.13. The van der Waals surface area contributed by atoms with E-state index >= 15 is 0 Å². The molecule has 4 nitrogen and oxygen atoms in total. The molecule has 0 unspecified atom stereocenters. The summed E-state index contributed by atoms with van der Waals surface area (Å²) in [5.41, 5.74) is 10.7. The van der Waals surface area contributed by atoms with Gasteiger partial charge in [-0.1, -0.05) is 51.2 Å². The molecule has 4 heteroatoms. The Morgan fingerprint density at radius 3 is 2.38 bits per heavy atom. The number of anilines is 1. The first-order chi connectivity index (χ1) is 10.1. The van der Waals surface area contributed by atoms with Crippen LogP contribution in [-0.2, 0) is 4.79 Å². The van der Waals surface area contributed by atoms with Crippen molar-refractivity contribution in [2.45, 2.75) is 58.8 Å². The normalized spacial score (nSPS) is 11.4. The number of rotatable bonds is 9. The van der Waals surface area contributed by atoms with Crippen molar-refractivity contribution in [3.05, 3.63) is 29.8 Å². The van der Waals surface area contributed by atoms with Crippen molar-refractivity contribution in [2.75, 3.05) is 5.73 Å². The van der Waals surface area contributed by atoms with E-state index in [2.05, 4.69) is 17.5 Å². The monoisotopic (exact) mass is 289 g/mol. The van der Waals surface area contributed by atoms with Crippen LogP contribution in [0.2, 0.25) is 0 Å². The molecule has 0 aliphatic rings. The number of benzene rings is 1. The first-order valence-corrected chi connectivity index (χ1v) is 7.82. The van der Waals surface area contributed by atoms with Crippen LogP contribution in [-0.4, -0.2) is 11.6 Å². The van der Waals surface area contributed by atoms with Gasteiger partial charge in [0.05, 0.1) is 5.71 Å². The molecular weight excluding hydrogens is 262 g/mol. The number of amides is 1. The Morgan fingerprint density at radius 1 is 1.10 bits per heavy atom. The molecule has 0 aromatic heterocycles. The molecule has 0 bridgehead atoms. The Morgan fingerprint density at radius 2 is 1.71 bits per heavy atom. The lowest BCUT2D eigenvalue weighted by Gasteiger charge is -2.04. The number of carbonyl (C=O) groups is 1. The van der Waals surface area contributed by atoms with E-state index in [0.717, 1.165) is 29.8 Å². The van der Waals surface area contributed by atoms with Gasteiger partial charge < -0.3 is 5.73 Å². The maximum atomic E-state index is 11.7. The van der Waals surface area contributed by atoms with Gasteiger partial charge in [-0.3, -0.25) is 4.79 Å². The van der Waals surface area contributed by atoms with Gasteiger partial charge in [0.15, 0.2) is 0 Å². The van der Waals surface area contributed by atoms with Gasteiger partial charge in [0.25, 0.3) is 0 Å². The molecule has 0 aliphatic heterocycles. The van der Waals surface area contributed by atoms with E-state index in [1.165, 1.54) is 25.7 Å². The molecule has 1 aromatic carbocycles. The molecule has 0 spiro atoms. The second kappa shape index (κ2) is 9.97. The highest BCUT2D eigenvalue weighted by Crippen LogP contribution is 2.08. The summed E-state index contributed by atoms with van der Waals surface area (Å²) in [6, 6.07) is 7.45. The molecular formula is C17H27N3O. The van der Waals surface area contributed by atoms with Crippen LogP contribution in [0.25, 0.3) is 0 Å². The molecule has 1 rings (SSSR count). The summed E-state index contributed by atoms with van der Waals surface area (Å²) in [7, 11) is 0. The van der Waals surface area contributed by atoms with Crippen molar-refractivity contribution in [1.29, 1.82) is 0 Å². The summed E-state index contributed by atoms with van der Waals surface area (Å²) in [4.78, 5) is 11.7. The number of nitrogens with one attached hydrogen (secondary N) is 1. The molecule has 0 heterocycles. The van der Waals surface area contributed by atoms with Gasteiger partial charge in [0, 0.05) is 12.1 Å². The molecule has 1 amide bonds. The fourth-order valence-corrected chi connectivity index (χ4v) is 2.06. The van der Waals surface area contributed by atoms with Gasteiger partial charge in [-0.15, -0.1) is 0 Å². The summed E-state index contributed by atoms with van der Waals surface area (Å²) < 4.78 is 0. The number of nitrogens with zero attached hydrogens (tertiary/aromatic N) is 1. The van der Waals surface area contributed by atoms with Crippen LogP contribution in [0, 0.1) is 0 Å². The van der Waals surface area contributed by atoms with Gasteiger partial charge in [0.2, 0.25) is 5.91 Å². The number of carbonyl (C=O) groups excluding carboxylic acids is 1. The van der Waals surface area contributed by atoms with E-state index in [1.807, 2.05) is 31.2 Å². The molecule has 1 aromatic rings. The zero-order valence-corrected chi connectivity index (χ0v) is 13.2. The molecule has 0 fully saturated rings. The summed E-state index contributed by atoms with van der Waals surface area (Å²) in [6.07, 6.45) is 7.63. The van der Waals surface area contributed by atoms with Gasteiger partial charge >= 0.3 is 0 Å². The highest BCUT2D eigenvalue weighted by atomic mass is 16.2. The Hall–Kier alpha value is -1.84. The van der Waals surface area contributed by atoms with Crippen LogP contribution in [0.3, 0.4) is 0 Å². The standard InChI is InChI=1S/C17H27N3O/c1-3-4-5-6-7-8-9-17(21)20-19-14(2)15-10-12-16(18)13-11-15/h10-13H,3-9,18H2,1-2H3,(H,20,21)/b19-14+. The van der Waals surface area contributed by atoms with Crippen LogP contribution in [0.4, 0.5) is 5.69 Å². The zero-order chi connectivity index (χ0) is 15.5. The highest BCUT2D eigenvalue weighted by molar-refractivity contribution is 5.99. The maximum Gasteiger partial charge on any atom is 0.240 e. The largest absolute Gasteiger partial charge is 0.399 e. The average Bonchev–Trinajstić information content (AvgIpc) is 2.49. The van der Waals surface area contributed by atoms with Crippen LogP contribution in [0.1, 0.15) is 64.4 Å². The predicted octanol–water partition coefficient (Wildman–Crippen LogP) is 3.86. The van der Waals surface area contributed by atoms with Crippen molar-refractivity contribution in [2.24, 2.45) is 5.10 Å². The third-order valence-electron chi connectivity index (χ3n) is 3.43. The van der Waals surface area contributed by atoms with E-state index in [-0.39, 0.29) is 5.91 Å². The Labute approximate surface area is 127 Å². The second-order valence-corrected chi connectivity index (χ2v) is 5.37. The van der Waals surface area contributed by atoms with Crippen molar-refractivity contribution in [1.82, 2.24) is 5.43 Å². The minimum absolute atomic E-state index is 0.0136. The lowest BCUT2D eigenvalue weighted by Crippen LogP contribution is -2.18. The molecule has 0 atom stereocenters. The van der Waals surface area contributed by atoms with Gasteiger partial charge in [0.1, 0.15) is 0 Å². The molecule has 116 valence electrons. The minimum Gasteiger partial charge on any atom is -0.399 e.